The van der Waals surface area contributed by atoms with E-state index in [0.717, 1.165) is 5.56 Å². The molecule has 112 valence electrons. The monoisotopic (exact) mass is 360 g/mol. The van der Waals surface area contributed by atoms with Gasteiger partial charge in [0, 0.05) is 16.9 Å². The second-order valence-corrected chi connectivity index (χ2v) is 8.12. The molecule has 0 spiro atoms. The van der Waals surface area contributed by atoms with E-state index in [1.54, 1.807) is 13.2 Å². The van der Waals surface area contributed by atoms with E-state index in [1.807, 2.05) is 32.9 Å². The molecule has 1 N–H and O–H groups in total. The van der Waals surface area contributed by atoms with Gasteiger partial charge in [-0.1, -0.05) is 6.08 Å². The Kier molecular flexibility index (Phi) is 6.51. The number of ether oxygens (including phenoxy) is 1. The minimum atomic E-state index is -1.18. The fourth-order valence-electron chi connectivity index (χ4n) is 1.57. The number of nitrogens with one attached hydrogen (secondary N) is 1. The lowest BCUT2D eigenvalue weighted by Gasteiger charge is -2.28. The highest BCUT2D eigenvalue weighted by Gasteiger charge is 2.30. The largest absolute Gasteiger partial charge is 0.598 e. The van der Waals surface area contributed by atoms with Crippen molar-refractivity contribution in [2.45, 2.75) is 38.0 Å². The van der Waals surface area contributed by atoms with E-state index >= 15 is 0 Å². The standard InChI is InChI=1S/C14H21BrN2O2S/c1-6-7-11(17-20(18)14(2,3)4)10-8-9-12(15)16-13(10)19-5/h6,8-9,11,17H,1,7H2,2-5H3. The lowest BCUT2D eigenvalue weighted by atomic mass is 10.1. The zero-order valence-electron chi connectivity index (χ0n) is 12.3. The molecule has 0 saturated carbocycles. The normalized spacial score (nSPS) is 14.7. The maximum Gasteiger partial charge on any atom is 0.219 e. The van der Waals surface area contributed by atoms with Crippen LogP contribution in [-0.4, -0.2) is 21.4 Å². The second-order valence-electron chi connectivity index (χ2n) is 5.31. The molecule has 6 heteroatoms. The smallest absolute Gasteiger partial charge is 0.219 e. The summed E-state index contributed by atoms with van der Waals surface area (Å²) in [6.45, 7) is 9.55. The van der Waals surface area contributed by atoms with Crippen LogP contribution in [0.2, 0.25) is 0 Å². The molecule has 0 aliphatic heterocycles. The Balaban J connectivity index is 3.05. The summed E-state index contributed by atoms with van der Waals surface area (Å²) in [5, 5.41) is 0. The Bertz CT molecular complexity index is 463. The van der Waals surface area contributed by atoms with Crippen LogP contribution >= 0.6 is 15.9 Å². The van der Waals surface area contributed by atoms with Crippen molar-refractivity contribution >= 4 is 27.3 Å². The van der Waals surface area contributed by atoms with Crippen LogP contribution in [0.4, 0.5) is 0 Å². The van der Waals surface area contributed by atoms with Gasteiger partial charge in [-0.05, 0) is 55.3 Å². The average molecular weight is 361 g/mol. The first-order valence-electron chi connectivity index (χ1n) is 6.29. The van der Waals surface area contributed by atoms with E-state index in [1.165, 1.54) is 0 Å². The van der Waals surface area contributed by atoms with Crippen LogP contribution in [0.3, 0.4) is 0 Å². The molecule has 0 saturated heterocycles. The van der Waals surface area contributed by atoms with Gasteiger partial charge in [0.25, 0.3) is 0 Å². The summed E-state index contributed by atoms with van der Waals surface area (Å²) in [6.07, 6.45) is 2.43. The van der Waals surface area contributed by atoms with Gasteiger partial charge in [-0.2, -0.15) is 0 Å². The van der Waals surface area contributed by atoms with Gasteiger partial charge in [0.2, 0.25) is 5.88 Å². The zero-order chi connectivity index (χ0) is 15.3. The van der Waals surface area contributed by atoms with Crippen molar-refractivity contribution in [3.63, 3.8) is 0 Å². The summed E-state index contributed by atoms with van der Waals surface area (Å²) in [6, 6.07) is 3.61. The number of aromatic nitrogens is 1. The molecule has 1 aromatic heterocycles. The number of rotatable bonds is 6. The van der Waals surface area contributed by atoms with Crippen LogP contribution in [0.15, 0.2) is 29.4 Å². The fourth-order valence-corrected chi connectivity index (χ4v) is 2.70. The molecular formula is C14H21BrN2O2S. The molecule has 0 radical (unpaired) electrons. The van der Waals surface area contributed by atoms with Gasteiger partial charge < -0.3 is 9.29 Å². The third-order valence-electron chi connectivity index (χ3n) is 2.63. The predicted octanol–water partition coefficient (Wildman–Crippen LogP) is 3.52. The fraction of sp³-hybridized carbons (Fsp3) is 0.500. The van der Waals surface area contributed by atoms with E-state index < -0.39 is 11.4 Å². The van der Waals surface area contributed by atoms with E-state index in [-0.39, 0.29) is 10.8 Å². The van der Waals surface area contributed by atoms with Gasteiger partial charge in [-0.25, -0.2) is 4.98 Å². The predicted molar refractivity (Wildman–Crippen MR) is 87.1 cm³/mol. The van der Waals surface area contributed by atoms with Crippen LogP contribution in [0, 0.1) is 0 Å². The van der Waals surface area contributed by atoms with Gasteiger partial charge in [0.1, 0.15) is 9.35 Å². The van der Waals surface area contributed by atoms with E-state index in [2.05, 4.69) is 32.2 Å². The highest BCUT2D eigenvalue weighted by Crippen LogP contribution is 2.29. The number of hydrogen-bond donors (Lipinski definition) is 1. The summed E-state index contributed by atoms with van der Waals surface area (Å²) >= 11 is 2.14. The van der Waals surface area contributed by atoms with Crippen molar-refractivity contribution in [3.05, 3.63) is 35.0 Å². The quantitative estimate of drug-likeness (QED) is 0.479. The van der Waals surface area contributed by atoms with Gasteiger partial charge in [-0.3, -0.25) is 0 Å². The summed E-state index contributed by atoms with van der Waals surface area (Å²) in [5.41, 5.74) is 0.869. The molecule has 20 heavy (non-hydrogen) atoms. The Hall–Kier alpha value is -0.560. The molecule has 2 unspecified atom stereocenters. The molecule has 4 nitrogen and oxygen atoms in total. The zero-order valence-corrected chi connectivity index (χ0v) is 14.7. The van der Waals surface area contributed by atoms with Crippen LogP contribution < -0.4 is 9.46 Å². The number of hydrogen-bond acceptors (Lipinski definition) is 4. The summed E-state index contributed by atoms with van der Waals surface area (Å²) in [4.78, 5) is 4.29. The maximum absolute atomic E-state index is 12.3. The third-order valence-corrected chi connectivity index (χ3v) is 4.68. The van der Waals surface area contributed by atoms with Crippen molar-refractivity contribution in [2.24, 2.45) is 0 Å². The molecule has 2 atom stereocenters. The lowest BCUT2D eigenvalue weighted by Crippen LogP contribution is -2.41. The minimum absolute atomic E-state index is 0.150. The van der Waals surface area contributed by atoms with Crippen LogP contribution in [-0.2, 0) is 11.4 Å². The van der Waals surface area contributed by atoms with Gasteiger partial charge in [0.05, 0.1) is 13.2 Å². The Morgan fingerprint density at radius 1 is 1.55 bits per heavy atom. The SMILES string of the molecule is C=CCC(N[S+]([O-])C(C)(C)C)c1ccc(Br)nc1OC. The average Bonchev–Trinajstić information content (AvgIpc) is 2.36. The molecule has 0 amide bonds. The van der Waals surface area contributed by atoms with E-state index in [9.17, 15) is 4.55 Å². The molecule has 1 heterocycles. The van der Waals surface area contributed by atoms with Crippen molar-refractivity contribution in [1.29, 1.82) is 0 Å². The Morgan fingerprint density at radius 2 is 2.20 bits per heavy atom. The number of nitrogens with zero attached hydrogens (tertiary/aromatic N) is 1. The highest BCUT2D eigenvalue weighted by molar-refractivity contribution is 9.10. The van der Waals surface area contributed by atoms with Crippen molar-refractivity contribution in [2.75, 3.05) is 7.11 Å². The summed E-state index contributed by atoms with van der Waals surface area (Å²) in [5.74, 6) is 0.518. The lowest BCUT2D eigenvalue weighted by molar-refractivity contribution is 0.385. The molecule has 0 bridgehead atoms. The molecule has 0 aromatic carbocycles. The van der Waals surface area contributed by atoms with Gasteiger partial charge in [-0.15, -0.1) is 11.3 Å². The molecule has 0 fully saturated rings. The van der Waals surface area contributed by atoms with Crippen molar-refractivity contribution in [1.82, 2.24) is 9.71 Å². The Morgan fingerprint density at radius 3 is 2.70 bits per heavy atom. The first kappa shape index (κ1) is 17.5. The van der Waals surface area contributed by atoms with E-state index in [0.29, 0.717) is 16.9 Å². The first-order valence-corrected chi connectivity index (χ1v) is 8.23. The van der Waals surface area contributed by atoms with Crippen LogP contribution in [0.1, 0.15) is 38.8 Å². The van der Waals surface area contributed by atoms with Crippen LogP contribution in [0.25, 0.3) is 0 Å². The summed E-state index contributed by atoms with van der Waals surface area (Å²) < 4.78 is 21.1. The minimum Gasteiger partial charge on any atom is -0.598 e. The molecule has 0 aliphatic carbocycles. The number of methoxy groups -OCH3 is 1. The molecule has 1 rings (SSSR count). The van der Waals surface area contributed by atoms with Crippen molar-refractivity contribution in [3.8, 4) is 5.88 Å². The van der Waals surface area contributed by atoms with Gasteiger partial charge in [0.15, 0.2) is 0 Å². The summed E-state index contributed by atoms with van der Waals surface area (Å²) in [7, 11) is 1.57. The van der Waals surface area contributed by atoms with Gasteiger partial charge >= 0.3 is 0 Å². The number of halogens is 1. The molecule has 1 aromatic rings. The molecule has 0 aliphatic rings. The second kappa shape index (κ2) is 7.45. The Labute approximate surface area is 132 Å². The van der Waals surface area contributed by atoms with Crippen LogP contribution in [0.5, 0.6) is 5.88 Å². The van der Waals surface area contributed by atoms with Crippen molar-refractivity contribution < 1.29 is 9.29 Å². The maximum atomic E-state index is 12.3. The highest BCUT2D eigenvalue weighted by atomic mass is 79.9. The van der Waals surface area contributed by atoms with E-state index in [4.69, 9.17) is 4.74 Å². The number of pyridine rings is 1. The molecular weight excluding hydrogens is 340 g/mol. The first-order chi connectivity index (χ1) is 9.29. The topological polar surface area (TPSA) is 57.2 Å². The third kappa shape index (κ3) is 4.77.